The smallest absolute Gasteiger partial charge is 0.324 e. The lowest BCUT2D eigenvalue weighted by Crippen LogP contribution is -2.21. The Balaban J connectivity index is 0.00000256. The van der Waals surface area contributed by atoms with Crippen molar-refractivity contribution in [2.75, 3.05) is 0 Å². The van der Waals surface area contributed by atoms with Crippen molar-refractivity contribution in [2.24, 2.45) is 5.73 Å². The number of alkyl halides is 3. The third-order valence-corrected chi connectivity index (χ3v) is 2.64. The van der Waals surface area contributed by atoms with E-state index < -0.39 is 24.5 Å². The van der Waals surface area contributed by atoms with Gasteiger partial charge in [-0.05, 0) is 18.6 Å². The van der Waals surface area contributed by atoms with E-state index in [0.29, 0.717) is 5.56 Å². The highest BCUT2D eigenvalue weighted by molar-refractivity contribution is 6.32. The van der Waals surface area contributed by atoms with Crippen molar-refractivity contribution in [2.45, 2.75) is 25.6 Å². The highest BCUT2D eigenvalue weighted by atomic mass is 35.5. The molecule has 0 aliphatic heterocycles. The van der Waals surface area contributed by atoms with Gasteiger partial charge in [0.15, 0.2) is 0 Å². The lowest BCUT2D eigenvalue weighted by Gasteiger charge is -2.17. The summed E-state index contributed by atoms with van der Waals surface area (Å²) in [5.74, 6) is -0.813. The second kappa shape index (κ2) is 5.89. The van der Waals surface area contributed by atoms with Gasteiger partial charge in [-0.3, -0.25) is 0 Å². The van der Waals surface area contributed by atoms with Gasteiger partial charge < -0.3 is 5.73 Å². The van der Waals surface area contributed by atoms with Crippen molar-refractivity contribution in [1.82, 2.24) is 0 Å². The molecule has 7 heteroatoms. The molecule has 0 aromatic heterocycles. The second-order valence-electron chi connectivity index (χ2n) is 3.52. The van der Waals surface area contributed by atoms with Gasteiger partial charge in [-0.25, -0.2) is 4.39 Å². The molecule has 1 atom stereocenters. The van der Waals surface area contributed by atoms with Gasteiger partial charge in [0, 0.05) is 11.6 Å². The molecule has 0 amide bonds. The van der Waals surface area contributed by atoms with Crippen LogP contribution in [0.5, 0.6) is 0 Å². The normalized spacial score (nSPS) is 13.1. The number of rotatable bonds is 2. The Kier molecular flexibility index (Phi) is 5.71. The van der Waals surface area contributed by atoms with Crippen LogP contribution in [0.15, 0.2) is 12.1 Å². The van der Waals surface area contributed by atoms with Crippen LogP contribution in [0.2, 0.25) is 5.02 Å². The molecule has 0 aliphatic rings. The van der Waals surface area contributed by atoms with Gasteiger partial charge in [0.2, 0.25) is 0 Å². The van der Waals surface area contributed by atoms with E-state index in [9.17, 15) is 17.6 Å². The molecule has 0 heterocycles. The molecule has 0 spiro atoms. The first-order valence-corrected chi connectivity index (χ1v) is 4.87. The molecule has 0 fully saturated rings. The fourth-order valence-electron chi connectivity index (χ4n) is 1.37. The van der Waals surface area contributed by atoms with Gasteiger partial charge in [-0.15, -0.1) is 12.4 Å². The highest BCUT2D eigenvalue weighted by Crippen LogP contribution is 2.34. The minimum Gasteiger partial charge on any atom is -0.324 e. The average Bonchev–Trinajstić information content (AvgIpc) is 2.09. The molecule has 1 aromatic carbocycles. The minimum absolute atomic E-state index is 0. The SMILES string of the molecule is Cc1ccc(F)c([C@@H](N)CC(F)(F)F)c1Cl.Cl. The van der Waals surface area contributed by atoms with Crippen molar-refractivity contribution >= 4 is 24.0 Å². The van der Waals surface area contributed by atoms with E-state index in [2.05, 4.69) is 0 Å². The summed E-state index contributed by atoms with van der Waals surface area (Å²) in [6.45, 7) is 1.57. The van der Waals surface area contributed by atoms with Gasteiger partial charge in [-0.2, -0.15) is 13.2 Å². The van der Waals surface area contributed by atoms with Crippen LogP contribution < -0.4 is 5.73 Å². The molecule has 0 aliphatic carbocycles. The first-order valence-electron chi connectivity index (χ1n) is 4.49. The Bertz CT molecular complexity index is 393. The van der Waals surface area contributed by atoms with Gasteiger partial charge in [-0.1, -0.05) is 17.7 Å². The lowest BCUT2D eigenvalue weighted by atomic mass is 10.0. The number of aryl methyl sites for hydroxylation is 1. The highest BCUT2D eigenvalue weighted by Gasteiger charge is 2.33. The Morgan fingerprint density at radius 2 is 1.88 bits per heavy atom. The van der Waals surface area contributed by atoms with Crippen LogP contribution in [-0.2, 0) is 0 Å². The molecule has 0 radical (unpaired) electrons. The minimum atomic E-state index is -4.45. The number of nitrogens with two attached hydrogens (primary N) is 1. The van der Waals surface area contributed by atoms with E-state index >= 15 is 0 Å². The summed E-state index contributed by atoms with van der Waals surface area (Å²) in [6, 6.07) is 0.973. The van der Waals surface area contributed by atoms with Gasteiger partial charge in [0.1, 0.15) is 5.82 Å². The molecule has 0 saturated carbocycles. The Morgan fingerprint density at radius 3 is 2.35 bits per heavy atom. The van der Waals surface area contributed by atoms with Gasteiger partial charge in [0.05, 0.1) is 11.4 Å². The molecule has 1 aromatic rings. The predicted octanol–water partition coefficient (Wildman–Crippen LogP) is 4.16. The average molecular weight is 292 g/mol. The van der Waals surface area contributed by atoms with E-state index in [1.54, 1.807) is 6.92 Å². The molecule has 0 bridgehead atoms. The lowest BCUT2D eigenvalue weighted by molar-refractivity contribution is -0.138. The van der Waals surface area contributed by atoms with Crippen LogP contribution in [0.25, 0.3) is 0 Å². The number of benzene rings is 1. The third kappa shape index (κ3) is 4.33. The fourth-order valence-corrected chi connectivity index (χ4v) is 1.66. The quantitative estimate of drug-likeness (QED) is 0.814. The van der Waals surface area contributed by atoms with Crippen molar-refractivity contribution < 1.29 is 17.6 Å². The predicted molar refractivity (Wildman–Crippen MR) is 61.0 cm³/mol. The maximum absolute atomic E-state index is 13.3. The van der Waals surface area contributed by atoms with Crippen molar-refractivity contribution in [1.29, 1.82) is 0 Å². The van der Waals surface area contributed by atoms with Gasteiger partial charge in [0.25, 0.3) is 0 Å². The van der Waals surface area contributed by atoms with E-state index in [4.69, 9.17) is 17.3 Å². The maximum Gasteiger partial charge on any atom is 0.390 e. The summed E-state index contributed by atoms with van der Waals surface area (Å²) < 4.78 is 49.7. The Hall–Kier alpha value is -0.520. The van der Waals surface area contributed by atoms with Crippen LogP contribution in [0.1, 0.15) is 23.6 Å². The Morgan fingerprint density at radius 1 is 1.35 bits per heavy atom. The summed E-state index contributed by atoms with van der Waals surface area (Å²) in [6.07, 6.45) is -5.74. The van der Waals surface area contributed by atoms with Crippen LogP contribution in [0, 0.1) is 12.7 Å². The standard InChI is InChI=1S/C10H10ClF4N.ClH/c1-5-2-3-6(12)8(9(5)11)7(16)4-10(13,14)15;/h2-3,7H,4,16H2,1H3;1H/t7-;/m0./s1. The fraction of sp³-hybridized carbons (Fsp3) is 0.400. The molecular formula is C10H11Cl2F4N. The molecule has 98 valence electrons. The van der Waals surface area contributed by atoms with Crippen molar-refractivity contribution in [3.8, 4) is 0 Å². The molecule has 0 unspecified atom stereocenters. The number of hydrogen-bond acceptors (Lipinski definition) is 1. The topological polar surface area (TPSA) is 26.0 Å². The van der Waals surface area contributed by atoms with Crippen molar-refractivity contribution in [3.05, 3.63) is 34.1 Å². The molecule has 1 rings (SSSR count). The van der Waals surface area contributed by atoms with E-state index in [1.807, 2.05) is 0 Å². The number of halogens is 6. The molecule has 1 nitrogen and oxygen atoms in total. The number of hydrogen-bond donors (Lipinski definition) is 1. The summed E-state index contributed by atoms with van der Waals surface area (Å²) in [7, 11) is 0. The first-order chi connectivity index (χ1) is 7.22. The van der Waals surface area contributed by atoms with E-state index in [0.717, 1.165) is 6.07 Å². The summed E-state index contributed by atoms with van der Waals surface area (Å²) in [5.41, 5.74) is 5.52. The second-order valence-corrected chi connectivity index (χ2v) is 3.90. The molecule has 2 N–H and O–H groups in total. The third-order valence-electron chi connectivity index (χ3n) is 2.14. The largest absolute Gasteiger partial charge is 0.390 e. The Labute approximate surface area is 107 Å². The van der Waals surface area contributed by atoms with Crippen LogP contribution in [0.3, 0.4) is 0 Å². The zero-order chi connectivity index (χ0) is 12.5. The summed E-state index contributed by atoms with van der Waals surface area (Å²) >= 11 is 5.73. The van der Waals surface area contributed by atoms with Crippen LogP contribution in [0.4, 0.5) is 17.6 Å². The van der Waals surface area contributed by atoms with Gasteiger partial charge >= 0.3 is 6.18 Å². The summed E-state index contributed by atoms with van der Waals surface area (Å²) in [5, 5.41) is -0.0447. The van der Waals surface area contributed by atoms with Crippen molar-refractivity contribution in [3.63, 3.8) is 0 Å². The van der Waals surface area contributed by atoms with E-state index in [1.165, 1.54) is 6.07 Å². The molecule has 17 heavy (non-hydrogen) atoms. The molecule has 0 saturated heterocycles. The van der Waals surface area contributed by atoms with Crippen LogP contribution in [-0.4, -0.2) is 6.18 Å². The molecular weight excluding hydrogens is 281 g/mol. The van der Waals surface area contributed by atoms with E-state index in [-0.39, 0.29) is 23.0 Å². The zero-order valence-corrected chi connectivity index (χ0v) is 10.4. The summed E-state index contributed by atoms with van der Waals surface area (Å²) in [4.78, 5) is 0. The van der Waals surface area contributed by atoms with Crippen LogP contribution >= 0.6 is 24.0 Å². The monoisotopic (exact) mass is 291 g/mol. The zero-order valence-electron chi connectivity index (χ0n) is 8.81. The maximum atomic E-state index is 13.3. The first kappa shape index (κ1) is 16.5.